The van der Waals surface area contributed by atoms with E-state index >= 15 is 0 Å². The Bertz CT molecular complexity index is 547. The van der Waals surface area contributed by atoms with Crippen LogP contribution in [0.3, 0.4) is 0 Å². The molecule has 0 spiro atoms. The molecular formula is C17H22FNO2. The molecule has 1 N–H and O–H groups in total. The Hall–Kier alpha value is -1.42. The first-order valence-corrected chi connectivity index (χ1v) is 7.70. The molecule has 1 amide bonds. The molecule has 0 unspecified atom stereocenters. The predicted molar refractivity (Wildman–Crippen MR) is 78.4 cm³/mol. The molecular weight excluding hydrogens is 269 g/mol. The van der Waals surface area contributed by atoms with Gasteiger partial charge in [-0.1, -0.05) is 31.0 Å². The molecule has 0 atom stereocenters. The van der Waals surface area contributed by atoms with Gasteiger partial charge in [0.25, 0.3) is 0 Å². The Balaban J connectivity index is 1.77. The van der Waals surface area contributed by atoms with Crippen LogP contribution < -0.4 is 0 Å². The standard InChI is InChI=1S/C17H22FNO2/c1-19(12-16(21)8-4-5-9-16)15(20)17(10-11-17)13-6-2-3-7-14(13)18/h2-3,6-7,21H,4-5,8-12H2,1H3. The van der Waals surface area contributed by atoms with E-state index in [-0.39, 0.29) is 11.7 Å². The Morgan fingerprint density at radius 3 is 2.43 bits per heavy atom. The normalized spacial score (nSPS) is 22.0. The highest BCUT2D eigenvalue weighted by molar-refractivity contribution is 5.91. The molecule has 4 heteroatoms. The van der Waals surface area contributed by atoms with Gasteiger partial charge in [0.15, 0.2) is 0 Å². The third-order valence-electron chi connectivity index (χ3n) is 4.96. The number of halogens is 1. The average Bonchev–Trinajstić information content (AvgIpc) is 3.15. The Kier molecular flexibility index (Phi) is 3.52. The van der Waals surface area contributed by atoms with Crippen LogP contribution in [0.1, 0.15) is 44.1 Å². The number of aliphatic hydroxyl groups is 1. The molecule has 3 rings (SSSR count). The summed E-state index contributed by atoms with van der Waals surface area (Å²) in [5.74, 6) is -0.371. The molecule has 1 aromatic carbocycles. The zero-order valence-electron chi connectivity index (χ0n) is 12.4. The first kappa shape index (κ1) is 14.5. The van der Waals surface area contributed by atoms with Gasteiger partial charge in [0.2, 0.25) is 5.91 Å². The molecule has 0 aliphatic heterocycles. The number of amides is 1. The monoisotopic (exact) mass is 291 g/mol. The lowest BCUT2D eigenvalue weighted by Crippen LogP contribution is -2.46. The fourth-order valence-electron chi connectivity index (χ4n) is 3.64. The SMILES string of the molecule is CN(CC1(O)CCCC1)C(=O)C1(c2ccccc2F)CC1. The lowest BCUT2D eigenvalue weighted by Gasteiger charge is -2.31. The largest absolute Gasteiger partial charge is 0.388 e. The number of nitrogens with zero attached hydrogens (tertiary/aromatic N) is 1. The van der Waals surface area contributed by atoms with Gasteiger partial charge in [-0.05, 0) is 31.7 Å². The number of rotatable bonds is 4. The van der Waals surface area contributed by atoms with E-state index in [1.54, 1.807) is 30.1 Å². The summed E-state index contributed by atoms with van der Waals surface area (Å²) in [6, 6.07) is 6.53. The van der Waals surface area contributed by atoms with Crippen LogP contribution in [0, 0.1) is 5.82 Å². The minimum absolute atomic E-state index is 0.0621. The van der Waals surface area contributed by atoms with Crippen LogP contribution >= 0.6 is 0 Å². The Morgan fingerprint density at radius 1 is 1.24 bits per heavy atom. The molecule has 3 nitrogen and oxygen atoms in total. The summed E-state index contributed by atoms with van der Waals surface area (Å²) in [7, 11) is 1.72. The van der Waals surface area contributed by atoms with E-state index in [0.29, 0.717) is 24.9 Å². The summed E-state index contributed by atoms with van der Waals surface area (Å²) in [4.78, 5) is 14.4. The van der Waals surface area contributed by atoms with Crippen molar-refractivity contribution in [1.29, 1.82) is 0 Å². The Labute approximate surface area is 124 Å². The van der Waals surface area contributed by atoms with Crippen LogP contribution in [-0.4, -0.2) is 35.1 Å². The number of hydrogen-bond donors (Lipinski definition) is 1. The van der Waals surface area contributed by atoms with E-state index < -0.39 is 11.0 Å². The molecule has 0 aromatic heterocycles. The van der Waals surface area contributed by atoms with Gasteiger partial charge >= 0.3 is 0 Å². The first-order chi connectivity index (χ1) is 9.97. The van der Waals surface area contributed by atoms with E-state index in [0.717, 1.165) is 25.7 Å². The van der Waals surface area contributed by atoms with Crippen LogP contribution in [0.25, 0.3) is 0 Å². The quantitative estimate of drug-likeness (QED) is 0.926. The zero-order chi connectivity index (χ0) is 15.1. The maximum Gasteiger partial charge on any atom is 0.233 e. The molecule has 2 saturated carbocycles. The van der Waals surface area contributed by atoms with Crippen molar-refractivity contribution in [3.63, 3.8) is 0 Å². The van der Waals surface area contributed by atoms with Crippen molar-refractivity contribution in [3.05, 3.63) is 35.6 Å². The van der Waals surface area contributed by atoms with Crippen molar-refractivity contribution < 1.29 is 14.3 Å². The Morgan fingerprint density at radius 2 is 1.86 bits per heavy atom. The lowest BCUT2D eigenvalue weighted by atomic mass is 9.93. The van der Waals surface area contributed by atoms with E-state index in [1.165, 1.54) is 6.07 Å². The topological polar surface area (TPSA) is 40.5 Å². The van der Waals surface area contributed by atoms with Gasteiger partial charge in [0, 0.05) is 19.2 Å². The molecule has 2 fully saturated rings. The maximum absolute atomic E-state index is 14.0. The fourth-order valence-corrected chi connectivity index (χ4v) is 3.64. The summed E-state index contributed by atoms with van der Waals surface area (Å²) in [5.41, 5.74) is -0.953. The van der Waals surface area contributed by atoms with Gasteiger partial charge in [0.1, 0.15) is 5.82 Å². The molecule has 114 valence electrons. The van der Waals surface area contributed by atoms with Crippen molar-refractivity contribution in [2.24, 2.45) is 0 Å². The zero-order valence-corrected chi connectivity index (χ0v) is 12.4. The third kappa shape index (κ3) is 2.57. The lowest BCUT2D eigenvalue weighted by molar-refractivity contribution is -0.136. The fraction of sp³-hybridized carbons (Fsp3) is 0.588. The molecule has 0 heterocycles. The average molecular weight is 291 g/mol. The van der Waals surface area contributed by atoms with Crippen molar-refractivity contribution in [2.75, 3.05) is 13.6 Å². The summed E-state index contributed by atoms with van der Waals surface area (Å²) < 4.78 is 14.0. The number of hydrogen-bond acceptors (Lipinski definition) is 2. The summed E-state index contributed by atoms with van der Waals surface area (Å²) in [5, 5.41) is 10.5. The molecule has 21 heavy (non-hydrogen) atoms. The summed E-state index contributed by atoms with van der Waals surface area (Å²) in [6.45, 7) is 0.349. The van der Waals surface area contributed by atoms with Crippen LogP contribution in [-0.2, 0) is 10.2 Å². The van der Waals surface area contributed by atoms with Gasteiger partial charge in [-0.3, -0.25) is 4.79 Å². The first-order valence-electron chi connectivity index (χ1n) is 7.70. The van der Waals surface area contributed by atoms with Gasteiger partial charge in [-0.25, -0.2) is 4.39 Å². The highest BCUT2D eigenvalue weighted by Gasteiger charge is 2.54. The molecule has 2 aliphatic rings. The smallest absolute Gasteiger partial charge is 0.233 e. The molecule has 1 aromatic rings. The van der Waals surface area contributed by atoms with E-state index in [1.807, 2.05) is 0 Å². The van der Waals surface area contributed by atoms with Crippen molar-refractivity contribution in [3.8, 4) is 0 Å². The number of benzene rings is 1. The predicted octanol–water partition coefficient (Wildman–Crippen LogP) is 2.62. The highest BCUT2D eigenvalue weighted by atomic mass is 19.1. The van der Waals surface area contributed by atoms with E-state index in [4.69, 9.17) is 0 Å². The molecule has 2 aliphatic carbocycles. The summed E-state index contributed by atoms with van der Waals surface area (Å²) >= 11 is 0. The second-order valence-corrected chi connectivity index (χ2v) is 6.65. The van der Waals surface area contributed by atoms with Crippen LogP contribution in [0.4, 0.5) is 4.39 Å². The van der Waals surface area contributed by atoms with E-state index in [9.17, 15) is 14.3 Å². The van der Waals surface area contributed by atoms with Gasteiger partial charge < -0.3 is 10.0 Å². The van der Waals surface area contributed by atoms with Gasteiger partial charge in [0.05, 0.1) is 11.0 Å². The number of carbonyl (C=O) groups excluding carboxylic acids is 1. The molecule has 0 radical (unpaired) electrons. The van der Waals surface area contributed by atoms with Crippen molar-refractivity contribution in [2.45, 2.75) is 49.5 Å². The minimum atomic E-state index is -0.754. The van der Waals surface area contributed by atoms with Crippen LogP contribution in [0.5, 0.6) is 0 Å². The molecule has 0 saturated heterocycles. The number of carbonyl (C=O) groups is 1. The molecule has 0 bridgehead atoms. The van der Waals surface area contributed by atoms with Gasteiger partial charge in [-0.15, -0.1) is 0 Å². The minimum Gasteiger partial charge on any atom is -0.388 e. The van der Waals surface area contributed by atoms with Crippen LogP contribution in [0.15, 0.2) is 24.3 Å². The van der Waals surface area contributed by atoms with Crippen molar-refractivity contribution >= 4 is 5.91 Å². The second kappa shape index (κ2) is 5.09. The number of likely N-dealkylation sites (N-methyl/N-ethyl adjacent to an activating group) is 1. The summed E-state index contributed by atoms with van der Waals surface area (Å²) in [6.07, 6.45) is 4.90. The van der Waals surface area contributed by atoms with E-state index in [2.05, 4.69) is 0 Å². The van der Waals surface area contributed by atoms with Crippen molar-refractivity contribution in [1.82, 2.24) is 4.90 Å². The maximum atomic E-state index is 14.0. The highest BCUT2D eigenvalue weighted by Crippen LogP contribution is 2.50. The third-order valence-corrected chi connectivity index (χ3v) is 4.96. The van der Waals surface area contributed by atoms with Crippen LogP contribution in [0.2, 0.25) is 0 Å². The second-order valence-electron chi connectivity index (χ2n) is 6.65. The van der Waals surface area contributed by atoms with Gasteiger partial charge in [-0.2, -0.15) is 0 Å².